The minimum absolute atomic E-state index is 0.0537. The Morgan fingerprint density at radius 2 is 2.05 bits per heavy atom. The third-order valence-electron chi connectivity index (χ3n) is 4.87. The van der Waals surface area contributed by atoms with Gasteiger partial charge in [0.25, 0.3) is 0 Å². The topological polar surface area (TPSA) is 89.9 Å². The smallest absolute Gasteiger partial charge is 0.317 e. The van der Waals surface area contributed by atoms with Crippen molar-refractivity contribution in [1.29, 1.82) is 0 Å². The highest BCUT2D eigenvalue weighted by Crippen LogP contribution is 2.37. The summed E-state index contributed by atoms with van der Waals surface area (Å²) in [5.74, 6) is 0.236. The van der Waals surface area contributed by atoms with Gasteiger partial charge in [-0.3, -0.25) is 4.79 Å². The molecule has 120 valence electrons. The lowest BCUT2D eigenvalue weighted by atomic mass is 10.00. The van der Waals surface area contributed by atoms with E-state index in [9.17, 15) is 14.7 Å². The lowest BCUT2D eigenvalue weighted by Gasteiger charge is -2.19. The summed E-state index contributed by atoms with van der Waals surface area (Å²) in [5, 5.41) is 21.4. The van der Waals surface area contributed by atoms with E-state index in [0.29, 0.717) is 31.3 Å². The summed E-state index contributed by atoms with van der Waals surface area (Å²) >= 11 is 0. The van der Waals surface area contributed by atoms with Crippen LogP contribution in [0.5, 0.6) is 0 Å². The number of aliphatic hydroxyl groups excluding tert-OH is 1. The number of likely N-dealkylation sites (tertiary alicyclic amines) is 1. The number of amides is 2. The zero-order chi connectivity index (χ0) is 15.4. The molecule has 1 heterocycles. The van der Waals surface area contributed by atoms with Crippen LogP contribution in [0.3, 0.4) is 0 Å². The van der Waals surface area contributed by atoms with E-state index in [-0.39, 0.29) is 24.5 Å². The number of hydrogen-bond donors (Lipinski definition) is 3. The summed E-state index contributed by atoms with van der Waals surface area (Å²) in [6.45, 7) is 3.99. The first-order chi connectivity index (χ1) is 9.97. The van der Waals surface area contributed by atoms with Crippen LogP contribution in [0.15, 0.2) is 0 Å². The Balaban J connectivity index is 1.63. The number of urea groups is 1. The normalized spacial score (nSPS) is 29.2. The minimum Gasteiger partial charge on any atom is -0.481 e. The van der Waals surface area contributed by atoms with E-state index >= 15 is 0 Å². The molecule has 4 atom stereocenters. The van der Waals surface area contributed by atoms with Gasteiger partial charge in [0.15, 0.2) is 0 Å². The average Bonchev–Trinajstić information content (AvgIpc) is 2.99. The van der Waals surface area contributed by atoms with Crippen LogP contribution in [0.2, 0.25) is 0 Å². The number of fused-ring (bicyclic) bond motifs is 1. The van der Waals surface area contributed by atoms with Crippen molar-refractivity contribution in [3.8, 4) is 0 Å². The second-order valence-electron chi connectivity index (χ2n) is 6.53. The Hall–Kier alpha value is -1.30. The summed E-state index contributed by atoms with van der Waals surface area (Å²) in [4.78, 5) is 24.4. The van der Waals surface area contributed by atoms with Crippen molar-refractivity contribution < 1.29 is 19.8 Å². The number of aliphatic carboxylic acids is 1. The molecule has 0 bridgehead atoms. The van der Waals surface area contributed by atoms with E-state index in [1.165, 1.54) is 0 Å². The molecule has 0 radical (unpaired) electrons. The monoisotopic (exact) mass is 298 g/mol. The fourth-order valence-corrected chi connectivity index (χ4v) is 3.45. The van der Waals surface area contributed by atoms with E-state index < -0.39 is 5.97 Å². The number of nitrogens with one attached hydrogen (secondary N) is 1. The van der Waals surface area contributed by atoms with Gasteiger partial charge in [-0.2, -0.15) is 0 Å². The molecular weight excluding hydrogens is 272 g/mol. The predicted molar refractivity (Wildman–Crippen MR) is 77.8 cm³/mol. The summed E-state index contributed by atoms with van der Waals surface area (Å²) in [6, 6.07) is -0.0537. The molecule has 1 aliphatic heterocycles. The van der Waals surface area contributed by atoms with E-state index in [1.807, 2.05) is 6.92 Å². The molecule has 21 heavy (non-hydrogen) atoms. The number of nitrogens with zero attached hydrogens (tertiary/aromatic N) is 1. The zero-order valence-corrected chi connectivity index (χ0v) is 12.6. The van der Waals surface area contributed by atoms with Crippen molar-refractivity contribution >= 4 is 12.0 Å². The van der Waals surface area contributed by atoms with Crippen molar-refractivity contribution in [1.82, 2.24) is 10.2 Å². The third kappa shape index (κ3) is 4.33. The highest BCUT2D eigenvalue weighted by molar-refractivity contribution is 5.74. The predicted octanol–water partition coefficient (Wildman–Crippen LogP) is 1.29. The van der Waals surface area contributed by atoms with Crippen LogP contribution in [0, 0.1) is 17.8 Å². The Morgan fingerprint density at radius 3 is 2.71 bits per heavy atom. The number of carboxylic acid groups (broad SMARTS) is 1. The molecule has 4 unspecified atom stereocenters. The van der Waals surface area contributed by atoms with Gasteiger partial charge >= 0.3 is 12.0 Å². The number of carbonyl (C=O) groups excluding carboxylic acids is 1. The average molecular weight is 298 g/mol. The molecule has 0 aromatic heterocycles. The van der Waals surface area contributed by atoms with Crippen molar-refractivity contribution in [3.63, 3.8) is 0 Å². The first-order valence-corrected chi connectivity index (χ1v) is 7.90. The van der Waals surface area contributed by atoms with E-state index in [0.717, 1.165) is 25.8 Å². The van der Waals surface area contributed by atoms with Gasteiger partial charge in [0.05, 0.1) is 6.10 Å². The SMILES string of the molecule is CC(CCNC(=O)N1CC2CCC(O)C2C1)CCC(=O)O. The maximum atomic E-state index is 12.1. The molecule has 6 nitrogen and oxygen atoms in total. The Morgan fingerprint density at radius 1 is 1.29 bits per heavy atom. The van der Waals surface area contributed by atoms with Gasteiger partial charge in [-0.15, -0.1) is 0 Å². The number of carboxylic acids is 1. The number of aliphatic hydroxyl groups is 1. The molecule has 0 spiro atoms. The van der Waals surface area contributed by atoms with Crippen LogP contribution in [-0.4, -0.2) is 52.9 Å². The van der Waals surface area contributed by atoms with Gasteiger partial charge < -0.3 is 20.4 Å². The first-order valence-electron chi connectivity index (χ1n) is 7.90. The number of rotatable bonds is 6. The third-order valence-corrected chi connectivity index (χ3v) is 4.87. The van der Waals surface area contributed by atoms with Gasteiger partial charge in [-0.1, -0.05) is 6.92 Å². The Bertz CT molecular complexity index is 388. The zero-order valence-electron chi connectivity index (χ0n) is 12.6. The van der Waals surface area contributed by atoms with Crippen LogP contribution in [-0.2, 0) is 4.79 Å². The van der Waals surface area contributed by atoms with Crippen LogP contribution < -0.4 is 5.32 Å². The molecule has 1 aliphatic carbocycles. The summed E-state index contributed by atoms with van der Waals surface area (Å²) in [6.07, 6.45) is 3.26. The highest BCUT2D eigenvalue weighted by Gasteiger charge is 2.43. The standard InChI is InChI=1S/C15H26N2O4/c1-10(2-5-14(19)20)6-7-16-15(21)17-8-11-3-4-13(18)12(11)9-17/h10-13,18H,2-9H2,1H3,(H,16,21)(H,19,20). The molecule has 1 saturated carbocycles. The molecule has 6 heteroatoms. The Labute approximate surface area is 125 Å². The fourth-order valence-electron chi connectivity index (χ4n) is 3.45. The maximum absolute atomic E-state index is 12.1. The molecule has 0 aromatic carbocycles. The minimum atomic E-state index is -0.770. The molecule has 2 fully saturated rings. The second kappa shape index (κ2) is 7.11. The van der Waals surface area contributed by atoms with E-state index in [1.54, 1.807) is 4.90 Å². The van der Waals surface area contributed by atoms with Gasteiger partial charge in [-0.05, 0) is 37.5 Å². The van der Waals surface area contributed by atoms with Crippen molar-refractivity contribution in [2.75, 3.05) is 19.6 Å². The quantitative estimate of drug-likeness (QED) is 0.689. The largest absolute Gasteiger partial charge is 0.481 e. The second-order valence-corrected chi connectivity index (χ2v) is 6.53. The van der Waals surface area contributed by atoms with Gasteiger partial charge in [0.1, 0.15) is 0 Å². The fraction of sp³-hybridized carbons (Fsp3) is 0.867. The van der Waals surface area contributed by atoms with Crippen LogP contribution >= 0.6 is 0 Å². The van der Waals surface area contributed by atoms with Crippen molar-refractivity contribution in [2.45, 2.75) is 45.1 Å². The van der Waals surface area contributed by atoms with Gasteiger partial charge in [0.2, 0.25) is 0 Å². The van der Waals surface area contributed by atoms with Crippen LogP contribution in [0.25, 0.3) is 0 Å². The molecule has 2 amide bonds. The molecule has 0 aromatic rings. The summed E-state index contributed by atoms with van der Waals surface area (Å²) in [7, 11) is 0. The van der Waals surface area contributed by atoms with Crippen molar-refractivity contribution in [3.05, 3.63) is 0 Å². The summed E-state index contributed by atoms with van der Waals surface area (Å²) < 4.78 is 0. The number of carbonyl (C=O) groups is 2. The van der Waals surface area contributed by atoms with Crippen molar-refractivity contribution in [2.24, 2.45) is 17.8 Å². The van der Waals surface area contributed by atoms with Gasteiger partial charge in [0, 0.05) is 32.0 Å². The van der Waals surface area contributed by atoms with Crippen LogP contribution in [0.1, 0.15) is 39.0 Å². The van der Waals surface area contributed by atoms with Gasteiger partial charge in [-0.25, -0.2) is 4.79 Å². The molecule has 2 rings (SSSR count). The lowest BCUT2D eigenvalue weighted by molar-refractivity contribution is -0.137. The highest BCUT2D eigenvalue weighted by atomic mass is 16.4. The first kappa shape index (κ1) is 16.1. The lowest BCUT2D eigenvalue weighted by Crippen LogP contribution is -2.40. The number of hydrogen-bond acceptors (Lipinski definition) is 3. The summed E-state index contributed by atoms with van der Waals surface area (Å²) in [5.41, 5.74) is 0. The molecule has 3 N–H and O–H groups in total. The maximum Gasteiger partial charge on any atom is 0.317 e. The van der Waals surface area contributed by atoms with E-state index in [4.69, 9.17) is 5.11 Å². The van der Waals surface area contributed by atoms with Crippen LogP contribution in [0.4, 0.5) is 4.79 Å². The molecular formula is C15H26N2O4. The van der Waals surface area contributed by atoms with E-state index in [2.05, 4.69) is 5.32 Å². The Kier molecular flexibility index (Phi) is 5.45. The molecule has 2 aliphatic rings. The molecule has 1 saturated heterocycles.